The van der Waals surface area contributed by atoms with Crippen LogP contribution in [0, 0.1) is 19.7 Å². The zero-order valence-electron chi connectivity index (χ0n) is 11.7. The summed E-state index contributed by atoms with van der Waals surface area (Å²) in [5.41, 5.74) is 2.33. The van der Waals surface area contributed by atoms with Crippen molar-refractivity contribution in [2.45, 2.75) is 32.9 Å². The van der Waals surface area contributed by atoms with Crippen molar-refractivity contribution < 1.29 is 9.13 Å². The standard InChI is InChI=1S/C16H18FNOS/c1-10-5-15(20-11(10)2)9-18-8-14-7-12-6-13(17)3-4-16(12)19-14/h3-6,14,18H,7-9H2,1-2H3. The number of ether oxygens (including phenoxy) is 1. The van der Waals surface area contributed by atoms with E-state index in [4.69, 9.17) is 4.74 Å². The van der Waals surface area contributed by atoms with Gasteiger partial charge in [0.1, 0.15) is 17.7 Å². The van der Waals surface area contributed by atoms with Crippen molar-refractivity contribution in [1.82, 2.24) is 5.32 Å². The van der Waals surface area contributed by atoms with Crippen molar-refractivity contribution in [2.75, 3.05) is 6.54 Å². The van der Waals surface area contributed by atoms with Crippen LogP contribution < -0.4 is 10.1 Å². The van der Waals surface area contributed by atoms with Crippen LogP contribution in [0.1, 0.15) is 20.9 Å². The quantitative estimate of drug-likeness (QED) is 0.929. The molecule has 1 N–H and O–H groups in total. The predicted molar refractivity (Wildman–Crippen MR) is 80.0 cm³/mol. The minimum Gasteiger partial charge on any atom is -0.488 e. The van der Waals surface area contributed by atoms with Crippen molar-refractivity contribution in [3.8, 4) is 5.75 Å². The van der Waals surface area contributed by atoms with Gasteiger partial charge in [0.2, 0.25) is 0 Å². The molecular formula is C16H18FNOS. The van der Waals surface area contributed by atoms with Gasteiger partial charge in [-0.3, -0.25) is 0 Å². The summed E-state index contributed by atoms with van der Waals surface area (Å²) < 4.78 is 18.9. The molecule has 0 aliphatic carbocycles. The smallest absolute Gasteiger partial charge is 0.123 e. The third-order valence-electron chi connectivity index (χ3n) is 3.65. The minimum atomic E-state index is -0.189. The lowest BCUT2D eigenvalue weighted by atomic mass is 10.1. The second kappa shape index (κ2) is 5.54. The fourth-order valence-corrected chi connectivity index (χ4v) is 3.52. The van der Waals surface area contributed by atoms with Crippen LogP contribution in [0.25, 0.3) is 0 Å². The summed E-state index contributed by atoms with van der Waals surface area (Å²) in [6, 6.07) is 6.97. The Bertz CT molecular complexity index is 603. The maximum absolute atomic E-state index is 13.1. The SMILES string of the molecule is Cc1cc(CNCC2Cc3cc(F)ccc3O2)sc1C. The maximum Gasteiger partial charge on any atom is 0.123 e. The van der Waals surface area contributed by atoms with Crippen LogP contribution >= 0.6 is 11.3 Å². The zero-order chi connectivity index (χ0) is 14.1. The Morgan fingerprint density at radius 3 is 2.95 bits per heavy atom. The molecule has 1 aliphatic rings. The Balaban J connectivity index is 1.51. The second-order valence-corrected chi connectivity index (χ2v) is 6.62. The van der Waals surface area contributed by atoms with Gasteiger partial charge in [0.15, 0.2) is 0 Å². The Hall–Kier alpha value is -1.39. The molecule has 0 spiro atoms. The molecule has 20 heavy (non-hydrogen) atoms. The molecule has 0 saturated heterocycles. The first-order chi connectivity index (χ1) is 9.61. The van der Waals surface area contributed by atoms with Gasteiger partial charge in [0, 0.05) is 34.8 Å². The van der Waals surface area contributed by atoms with Crippen LogP contribution in [0.4, 0.5) is 4.39 Å². The molecule has 0 radical (unpaired) electrons. The highest BCUT2D eigenvalue weighted by molar-refractivity contribution is 7.12. The number of halogens is 1. The summed E-state index contributed by atoms with van der Waals surface area (Å²) in [5.74, 6) is 0.631. The third kappa shape index (κ3) is 2.86. The molecule has 2 nitrogen and oxygen atoms in total. The molecule has 1 aliphatic heterocycles. The molecule has 1 aromatic heterocycles. The Morgan fingerprint density at radius 1 is 1.35 bits per heavy atom. The average molecular weight is 291 g/mol. The fourth-order valence-electron chi connectivity index (χ4n) is 2.50. The summed E-state index contributed by atoms with van der Waals surface area (Å²) in [5, 5.41) is 3.43. The van der Waals surface area contributed by atoms with Gasteiger partial charge in [-0.1, -0.05) is 0 Å². The normalized spacial score (nSPS) is 17.1. The van der Waals surface area contributed by atoms with Crippen molar-refractivity contribution in [1.29, 1.82) is 0 Å². The molecule has 106 valence electrons. The molecule has 1 atom stereocenters. The lowest BCUT2D eigenvalue weighted by Crippen LogP contribution is -2.29. The molecule has 0 bridgehead atoms. The van der Waals surface area contributed by atoms with Crippen LogP contribution in [-0.2, 0) is 13.0 Å². The number of nitrogens with one attached hydrogen (secondary N) is 1. The van der Waals surface area contributed by atoms with E-state index in [1.165, 1.54) is 21.4 Å². The molecule has 0 amide bonds. The van der Waals surface area contributed by atoms with Gasteiger partial charge in [-0.25, -0.2) is 4.39 Å². The molecule has 2 aromatic rings. The van der Waals surface area contributed by atoms with Crippen LogP contribution in [-0.4, -0.2) is 12.6 Å². The van der Waals surface area contributed by atoms with E-state index in [2.05, 4.69) is 25.2 Å². The fraction of sp³-hybridized carbons (Fsp3) is 0.375. The molecular weight excluding hydrogens is 273 g/mol. The van der Waals surface area contributed by atoms with Gasteiger partial charge in [0.05, 0.1) is 0 Å². The van der Waals surface area contributed by atoms with E-state index < -0.39 is 0 Å². The molecule has 4 heteroatoms. The van der Waals surface area contributed by atoms with E-state index in [1.807, 2.05) is 11.3 Å². The Kier molecular flexibility index (Phi) is 3.76. The molecule has 1 aromatic carbocycles. The molecule has 0 fully saturated rings. The number of hydrogen-bond acceptors (Lipinski definition) is 3. The second-order valence-electron chi connectivity index (χ2n) is 5.28. The van der Waals surface area contributed by atoms with Gasteiger partial charge >= 0.3 is 0 Å². The van der Waals surface area contributed by atoms with Crippen LogP contribution in [0.15, 0.2) is 24.3 Å². The highest BCUT2D eigenvalue weighted by Gasteiger charge is 2.22. The van der Waals surface area contributed by atoms with Gasteiger partial charge in [-0.15, -0.1) is 11.3 Å². The first-order valence-corrected chi connectivity index (χ1v) is 7.65. The summed E-state index contributed by atoms with van der Waals surface area (Å²) in [6.45, 7) is 5.94. The van der Waals surface area contributed by atoms with E-state index in [9.17, 15) is 4.39 Å². The number of benzene rings is 1. The van der Waals surface area contributed by atoms with Crippen LogP contribution in [0.2, 0.25) is 0 Å². The number of thiophene rings is 1. The van der Waals surface area contributed by atoms with E-state index in [0.717, 1.165) is 30.8 Å². The topological polar surface area (TPSA) is 21.3 Å². The van der Waals surface area contributed by atoms with Crippen LogP contribution in [0.3, 0.4) is 0 Å². The van der Waals surface area contributed by atoms with E-state index >= 15 is 0 Å². The number of fused-ring (bicyclic) bond motifs is 1. The van der Waals surface area contributed by atoms with Crippen molar-refractivity contribution in [3.63, 3.8) is 0 Å². The lowest BCUT2D eigenvalue weighted by molar-refractivity contribution is 0.227. The summed E-state index contributed by atoms with van der Waals surface area (Å²) in [4.78, 5) is 2.73. The molecule has 1 unspecified atom stereocenters. The minimum absolute atomic E-state index is 0.106. The van der Waals surface area contributed by atoms with E-state index in [1.54, 1.807) is 12.1 Å². The van der Waals surface area contributed by atoms with Gasteiger partial charge in [-0.2, -0.15) is 0 Å². The Morgan fingerprint density at radius 2 is 2.20 bits per heavy atom. The lowest BCUT2D eigenvalue weighted by Gasteiger charge is -2.11. The average Bonchev–Trinajstić information content (AvgIpc) is 2.93. The highest BCUT2D eigenvalue weighted by Crippen LogP contribution is 2.29. The molecule has 2 heterocycles. The number of hydrogen-bond donors (Lipinski definition) is 1. The third-order valence-corrected chi connectivity index (χ3v) is 4.80. The van der Waals surface area contributed by atoms with Crippen molar-refractivity contribution >= 4 is 11.3 Å². The number of rotatable bonds is 4. The molecule has 3 rings (SSSR count). The first kappa shape index (κ1) is 13.6. The van der Waals surface area contributed by atoms with Crippen LogP contribution in [0.5, 0.6) is 5.75 Å². The van der Waals surface area contributed by atoms with E-state index in [-0.39, 0.29) is 11.9 Å². The first-order valence-electron chi connectivity index (χ1n) is 6.83. The predicted octanol–water partition coefficient (Wildman–Crippen LogP) is 3.60. The monoisotopic (exact) mass is 291 g/mol. The maximum atomic E-state index is 13.1. The largest absolute Gasteiger partial charge is 0.488 e. The zero-order valence-corrected chi connectivity index (χ0v) is 12.5. The summed E-state index contributed by atoms with van der Waals surface area (Å²) in [6.07, 6.45) is 0.886. The van der Waals surface area contributed by atoms with Crippen molar-refractivity contribution in [3.05, 3.63) is 51.0 Å². The highest BCUT2D eigenvalue weighted by atomic mass is 32.1. The Labute approximate surface area is 122 Å². The van der Waals surface area contributed by atoms with Gasteiger partial charge < -0.3 is 10.1 Å². The summed E-state index contributed by atoms with van der Waals surface area (Å²) >= 11 is 1.83. The van der Waals surface area contributed by atoms with Crippen molar-refractivity contribution in [2.24, 2.45) is 0 Å². The van der Waals surface area contributed by atoms with Gasteiger partial charge in [-0.05, 0) is 43.7 Å². The number of aryl methyl sites for hydroxylation is 2. The molecule has 0 saturated carbocycles. The summed E-state index contributed by atoms with van der Waals surface area (Å²) in [7, 11) is 0. The van der Waals surface area contributed by atoms with E-state index in [0.29, 0.717) is 0 Å². The van der Waals surface area contributed by atoms with Gasteiger partial charge in [0.25, 0.3) is 0 Å².